The highest BCUT2D eigenvalue weighted by molar-refractivity contribution is 7.11. The van der Waals surface area contributed by atoms with E-state index in [9.17, 15) is 31.1 Å². The molecule has 2 aliphatic rings. The molecule has 3 aromatic rings. The van der Waals surface area contributed by atoms with Crippen LogP contribution in [-0.2, 0) is 11.3 Å². The fourth-order valence-electron chi connectivity index (χ4n) is 5.01. The lowest BCUT2D eigenvalue weighted by Gasteiger charge is -2.28. The van der Waals surface area contributed by atoms with Gasteiger partial charge in [0.2, 0.25) is 0 Å². The van der Waals surface area contributed by atoms with Crippen molar-refractivity contribution in [3.63, 3.8) is 0 Å². The van der Waals surface area contributed by atoms with Gasteiger partial charge in [-0.2, -0.15) is 26.3 Å². The largest absolute Gasteiger partial charge is 0.439 e. The number of thiazole rings is 1. The summed E-state index contributed by atoms with van der Waals surface area (Å²) >= 11 is 0.875. The van der Waals surface area contributed by atoms with Gasteiger partial charge in [0.1, 0.15) is 0 Å². The van der Waals surface area contributed by atoms with Crippen LogP contribution in [0.1, 0.15) is 83.2 Å². The van der Waals surface area contributed by atoms with Gasteiger partial charge in [0, 0.05) is 11.5 Å². The third-order valence-corrected chi connectivity index (χ3v) is 8.53. The van der Waals surface area contributed by atoms with E-state index in [1.165, 1.54) is 6.92 Å². The third-order valence-electron chi connectivity index (χ3n) is 7.17. The van der Waals surface area contributed by atoms with Gasteiger partial charge in [-0.1, -0.05) is 23.4 Å². The fourth-order valence-corrected chi connectivity index (χ4v) is 6.32. The summed E-state index contributed by atoms with van der Waals surface area (Å²) in [7, 11) is 0. The number of nitrogens with one attached hydrogen (secondary N) is 1. The highest BCUT2D eigenvalue weighted by atomic mass is 32.1. The number of aromatic amines is 1. The van der Waals surface area contributed by atoms with E-state index in [1.807, 2.05) is 0 Å². The SMILES string of the molecule is Cc1nc(C2CCC(C(F)(F)F)CC2)sc1C(OCc1ccc(-c2noc(=O)[nH]2)c(C2CC2)c1)C(F)(F)F. The maximum Gasteiger partial charge on any atom is 0.439 e. The lowest BCUT2D eigenvalue weighted by molar-refractivity contribution is -0.226. The highest BCUT2D eigenvalue weighted by Gasteiger charge is 2.45. The van der Waals surface area contributed by atoms with Crippen LogP contribution in [0.5, 0.6) is 0 Å². The Kier molecular flexibility index (Phi) is 7.18. The van der Waals surface area contributed by atoms with E-state index >= 15 is 0 Å². The van der Waals surface area contributed by atoms with Crippen molar-refractivity contribution in [2.45, 2.75) is 82.3 Å². The van der Waals surface area contributed by atoms with Crippen LogP contribution < -0.4 is 5.76 Å². The molecule has 0 amide bonds. The molecule has 1 atom stereocenters. The first-order valence-corrected chi connectivity index (χ1v) is 13.1. The molecule has 2 fully saturated rings. The number of aryl methyl sites for hydroxylation is 1. The number of halogens is 6. The molecule has 2 heterocycles. The van der Waals surface area contributed by atoms with Gasteiger partial charge < -0.3 is 4.74 Å². The molecule has 0 radical (unpaired) electrons. The van der Waals surface area contributed by atoms with Crippen LogP contribution in [0.4, 0.5) is 26.3 Å². The van der Waals surface area contributed by atoms with Crippen LogP contribution in [0.25, 0.3) is 11.4 Å². The van der Waals surface area contributed by atoms with Crippen LogP contribution in [0, 0.1) is 12.8 Å². The zero-order valence-corrected chi connectivity index (χ0v) is 21.1. The maximum absolute atomic E-state index is 14.1. The van der Waals surface area contributed by atoms with Gasteiger partial charge in [-0.15, -0.1) is 11.3 Å². The highest BCUT2D eigenvalue weighted by Crippen LogP contribution is 2.47. The fraction of sp³-hybridized carbons (Fsp3) is 0.560. The quantitative estimate of drug-likeness (QED) is 0.306. The van der Waals surface area contributed by atoms with Crippen LogP contribution in [0.15, 0.2) is 27.5 Å². The molecule has 2 aromatic heterocycles. The molecule has 1 unspecified atom stereocenters. The Morgan fingerprint density at radius 3 is 2.34 bits per heavy atom. The number of hydrogen-bond donors (Lipinski definition) is 1. The Bertz CT molecular complexity index is 1330. The molecule has 2 aliphatic carbocycles. The zero-order valence-electron chi connectivity index (χ0n) is 20.3. The minimum Gasteiger partial charge on any atom is -0.358 e. The normalized spacial score (nSPS) is 21.6. The van der Waals surface area contributed by atoms with Crippen molar-refractivity contribution < 1.29 is 35.6 Å². The van der Waals surface area contributed by atoms with E-state index in [2.05, 4.69) is 19.6 Å². The topological polar surface area (TPSA) is 81.0 Å². The third kappa shape index (κ3) is 5.83. The van der Waals surface area contributed by atoms with Crippen molar-refractivity contribution in [1.82, 2.24) is 15.1 Å². The predicted molar refractivity (Wildman–Crippen MR) is 126 cm³/mol. The molecular weight excluding hydrogens is 536 g/mol. The number of rotatable bonds is 7. The number of benzene rings is 1. The molecule has 1 aromatic carbocycles. The zero-order chi connectivity index (χ0) is 27.2. The van der Waals surface area contributed by atoms with Crippen molar-refractivity contribution in [2.75, 3.05) is 0 Å². The second kappa shape index (κ2) is 10.1. The summed E-state index contributed by atoms with van der Waals surface area (Å²) in [4.78, 5) is 18.1. The number of H-pyrrole nitrogens is 1. The Hall–Kier alpha value is -2.67. The summed E-state index contributed by atoms with van der Waals surface area (Å²) in [5.41, 5.74) is 2.21. The first kappa shape index (κ1) is 26.9. The molecule has 0 bridgehead atoms. The van der Waals surface area contributed by atoms with E-state index in [0.29, 0.717) is 16.1 Å². The summed E-state index contributed by atoms with van der Waals surface area (Å²) < 4.78 is 91.3. The molecule has 0 saturated heterocycles. The second-order valence-electron chi connectivity index (χ2n) is 9.96. The molecule has 13 heteroatoms. The molecule has 5 rings (SSSR count). The smallest absolute Gasteiger partial charge is 0.358 e. The van der Waals surface area contributed by atoms with Crippen molar-refractivity contribution in [1.29, 1.82) is 0 Å². The second-order valence-corrected chi connectivity index (χ2v) is 11.0. The summed E-state index contributed by atoms with van der Waals surface area (Å²) in [6.07, 6.45) is -8.98. The van der Waals surface area contributed by atoms with Gasteiger partial charge in [0.25, 0.3) is 0 Å². The van der Waals surface area contributed by atoms with E-state index in [0.717, 1.165) is 29.7 Å². The molecule has 1 N–H and O–H groups in total. The molecular formula is C25H25F6N3O3S. The number of nitrogens with zero attached hydrogens (tertiary/aromatic N) is 2. The molecule has 2 saturated carbocycles. The Morgan fingerprint density at radius 2 is 1.76 bits per heavy atom. The molecule has 206 valence electrons. The molecule has 6 nitrogen and oxygen atoms in total. The van der Waals surface area contributed by atoms with Crippen molar-refractivity contribution in [3.8, 4) is 11.4 Å². The summed E-state index contributed by atoms with van der Waals surface area (Å²) in [5.74, 6) is -1.90. The standard InChI is InChI=1S/C25H25F6N3O3S/c1-12-19(38-22(32-12)15-5-7-16(8-6-15)24(26,27)28)20(25(29,30)31)36-11-13-2-9-17(18(10-13)14-3-4-14)21-33-23(35)37-34-21/h2,9-10,14-16,20H,3-8,11H2,1H3,(H,33,34,35). The maximum atomic E-state index is 14.1. The van der Waals surface area contributed by atoms with E-state index in [4.69, 9.17) is 4.74 Å². The Morgan fingerprint density at radius 1 is 1.08 bits per heavy atom. The predicted octanol–water partition coefficient (Wildman–Crippen LogP) is 7.33. The van der Waals surface area contributed by atoms with Crippen LogP contribution in [0.3, 0.4) is 0 Å². The lowest BCUT2D eigenvalue weighted by Crippen LogP contribution is -2.27. The van der Waals surface area contributed by atoms with Gasteiger partial charge in [-0.05, 0) is 62.5 Å². The minimum absolute atomic E-state index is 0.0527. The van der Waals surface area contributed by atoms with Crippen molar-refractivity contribution in [2.24, 2.45) is 5.92 Å². The van der Waals surface area contributed by atoms with Crippen LogP contribution in [0.2, 0.25) is 0 Å². The van der Waals surface area contributed by atoms with E-state index in [-0.39, 0.29) is 60.5 Å². The monoisotopic (exact) mass is 561 g/mol. The first-order valence-electron chi connectivity index (χ1n) is 12.3. The average molecular weight is 562 g/mol. The molecule has 0 aliphatic heterocycles. The average Bonchev–Trinajstić information content (AvgIpc) is 3.50. The number of aromatic nitrogens is 3. The van der Waals surface area contributed by atoms with Crippen LogP contribution >= 0.6 is 11.3 Å². The van der Waals surface area contributed by atoms with Gasteiger partial charge >= 0.3 is 18.1 Å². The Balaban J connectivity index is 1.33. The van der Waals surface area contributed by atoms with Crippen LogP contribution in [-0.4, -0.2) is 27.5 Å². The van der Waals surface area contributed by atoms with Crippen molar-refractivity contribution >= 4 is 11.3 Å². The number of alkyl halides is 6. The number of ether oxygens (including phenoxy) is 1. The summed E-state index contributed by atoms with van der Waals surface area (Å²) in [6, 6.07) is 5.05. The van der Waals surface area contributed by atoms with Gasteiger partial charge in [0.15, 0.2) is 11.9 Å². The minimum atomic E-state index is -4.71. The van der Waals surface area contributed by atoms with Gasteiger partial charge in [-0.25, -0.2) is 9.78 Å². The molecule has 0 spiro atoms. The first-order chi connectivity index (χ1) is 17.9. The summed E-state index contributed by atoms with van der Waals surface area (Å²) in [6.45, 7) is 1.15. The van der Waals surface area contributed by atoms with E-state index in [1.54, 1.807) is 18.2 Å². The van der Waals surface area contributed by atoms with Crippen molar-refractivity contribution in [3.05, 3.63) is 55.5 Å². The summed E-state index contributed by atoms with van der Waals surface area (Å²) in [5, 5.41) is 4.14. The lowest BCUT2D eigenvalue weighted by atomic mass is 9.82. The molecule has 38 heavy (non-hydrogen) atoms. The van der Waals surface area contributed by atoms with E-state index < -0.39 is 30.1 Å². The van der Waals surface area contributed by atoms with Gasteiger partial charge in [-0.3, -0.25) is 9.51 Å². The Labute approximate surface area is 217 Å². The number of hydrogen-bond acceptors (Lipinski definition) is 6. The van der Waals surface area contributed by atoms with Gasteiger partial charge in [0.05, 0.1) is 28.1 Å².